The van der Waals surface area contributed by atoms with Crippen molar-refractivity contribution in [1.29, 1.82) is 0 Å². The summed E-state index contributed by atoms with van der Waals surface area (Å²) in [6, 6.07) is 13.5. The summed E-state index contributed by atoms with van der Waals surface area (Å²) in [4.78, 5) is 1.37. The fourth-order valence-electron chi connectivity index (χ4n) is 2.54. The molecule has 0 amide bonds. The van der Waals surface area contributed by atoms with Crippen LogP contribution in [0.5, 0.6) is 0 Å². The average molecular weight is 322 g/mol. The van der Waals surface area contributed by atoms with Crippen molar-refractivity contribution in [2.24, 2.45) is 0 Å². The van der Waals surface area contributed by atoms with Crippen LogP contribution in [0.25, 0.3) is 0 Å². The van der Waals surface area contributed by atoms with Crippen LogP contribution in [0.1, 0.15) is 35.8 Å². The molecule has 1 unspecified atom stereocenters. The molecule has 21 heavy (non-hydrogen) atoms. The Kier molecular flexibility index (Phi) is 6.75. The Morgan fingerprint density at radius 2 is 2.10 bits per heavy atom. The van der Waals surface area contributed by atoms with Crippen LogP contribution >= 0.6 is 22.9 Å². The first-order valence-electron chi connectivity index (χ1n) is 7.70. The van der Waals surface area contributed by atoms with Crippen molar-refractivity contribution in [3.8, 4) is 0 Å². The lowest BCUT2D eigenvalue weighted by Gasteiger charge is -2.18. The van der Waals surface area contributed by atoms with Crippen LogP contribution in [0.4, 0.5) is 0 Å². The van der Waals surface area contributed by atoms with Crippen LogP contribution in [-0.2, 0) is 12.8 Å². The Bertz CT molecular complexity index is 550. The maximum atomic E-state index is 6.04. The fourth-order valence-corrected chi connectivity index (χ4v) is 3.71. The largest absolute Gasteiger partial charge is 0.314 e. The van der Waals surface area contributed by atoms with Gasteiger partial charge < -0.3 is 5.32 Å². The third kappa shape index (κ3) is 5.82. The first-order valence-corrected chi connectivity index (χ1v) is 8.90. The molecule has 2 aromatic rings. The van der Waals surface area contributed by atoms with Gasteiger partial charge in [-0.3, -0.25) is 0 Å². The number of benzene rings is 1. The lowest BCUT2D eigenvalue weighted by Crippen LogP contribution is -2.32. The number of halogens is 1. The van der Waals surface area contributed by atoms with Crippen LogP contribution in [-0.4, -0.2) is 12.6 Å². The van der Waals surface area contributed by atoms with Crippen molar-refractivity contribution >= 4 is 22.9 Å². The van der Waals surface area contributed by atoms with Crippen LogP contribution in [0.3, 0.4) is 0 Å². The SMILES string of the molecule is CCCNC(CCc1cccc(C)c1)Cc1ccc(Cl)s1. The predicted octanol–water partition coefficient (Wildman–Crippen LogP) is 5.25. The standard InChI is InChI=1S/C18H24ClNS/c1-3-11-20-16(13-17-9-10-18(19)21-17)8-7-15-6-4-5-14(2)12-15/h4-6,9-10,12,16,20H,3,7-8,11,13H2,1-2H3. The molecule has 114 valence electrons. The van der Waals surface area contributed by atoms with E-state index in [2.05, 4.69) is 49.5 Å². The normalized spacial score (nSPS) is 12.5. The number of thiophene rings is 1. The molecule has 1 aromatic carbocycles. The van der Waals surface area contributed by atoms with Gasteiger partial charge in [-0.1, -0.05) is 48.4 Å². The first-order chi connectivity index (χ1) is 10.2. The summed E-state index contributed by atoms with van der Waals surface area (Å²) in [6.45, 7) is 5.45. The zero-order chi connectivity index (χ0) is 15.1. The summed E-state index contributed by atoms with van der Waals surface area (Å²) in [5, 5.41) is 3.68. The van der Waals surface area contributed by atoms with E-state index >= 15 is 0 Å². The van der Waals surface area contributed by atoms with E-state index in [-0.39, 0.29) is 0 Å². The highest BCUT2D eigenvalue weighted by atomic mass is 35.5. The van der Waals surface area contributed by atoms with Gasteiger partial charge in [0.1, 0.15) is 0 Å². The zero-order valence-corrected chi connectivity index (χ0v) is 14.4. The number of aryl methyl sites for hydroxylation is 2. The topological polar surface area (TPSA) is 12.0 Å². The predicted molar refractivity (Wildman–Crippen MR) is 94.6 cm³/mol. The van der Waals surface area contributed by atoms with Gasteiger partial charge in [0.25, 0.3) is 0 Å². The minimum absolute atomic E-state index is 0.528. The highest BCUT2D eigenvalue weighted by Crippen LogP contribution is 2.23. The molecule has 1 nitrogen and oxygen atoms in total. The van der Waals surface area contributed by atoms with Gasteiger partial charge in [0.05, 0.1) is 4.34 Å². The molecule has 0 saturated heterocycles. The van der Waals surface area contributed by atoms with Crippen LogP contribution in [0, 0.1) is 6.92 Å². The van der Waals surface area contributed by atoms with E-state index in [1.54, 1.807) is 11.3 Å². The second kappa shape index (κ2) is 8.57. The Labute approximate surface area is 137 Å². The summed E-state index contributed by atoms with van der Waals surface area (Å²) in [7, 11) is 0. The fraction of sp³-hybridized carbons (Fsp3) is 0.444. The van der Waals surface area contributed by atoms with Crippen LogP contribution in [0.2, 0.25) is 4.34 Å². The van der Waals surface area contributed by atoms with Gasteiger partial charge in [-0.25, -0.2) is 0 Å². The molecular weight excluding hydrogens is 298 g/mol. The quantitative estimate of drug-likeness (QED) is 0.700. The minimum atomic E-state index is 0.528. The summed E-state index contributed by atoms with van der Waals surface area (Å²) in [6.07, 6.45) is 4.54. The van der Waals surface area contributed by atoms with Gasteiger partial charge >= 0.3 is 0 Å². The third-order valence-corrected chi connectivity index (χ3v) is 4.88. The van der Waals surface area contributed by atoms with Crippen molar-refractivity contribution in [1.82, 2.24) is 5.32 Å². The van der Waals surface area contributed by atoms with E-state index in [1.807, 2.05) is 6.07 Å². The molecule has 0 fully saturated rings. The Morgan fingerprint density at radius 1 is 1.24 bits per heavy atom. The monoisotopic (exact) mass is 321 g/mol. The number of rotatable bonds is 8. The molecule has 0 spiro atoms. The lowest BCUT2D eigenvalue weighted by atomic mass is 10.0. The van der Waals surface area contributed by atoms with Gasteiger partial charge in [0.2, 0.25) is 0 Å². The summed E-state index contributed by atoms with van der Waals surface area (Å²) in [5.74, 6) is 0. The van der Waals surface area contributed by atoms with Crippen molar-refractivity contribution in [2.75, 3.05) is 6.54 Å². The smallest absolute Gasteiger partial charge is 0.0931 e. The average Bonchev–Trinajstić information content (AvgIpc) is 2.87. The molecule has 0 bridgehead atoms. The first kappa shape index (κ1) is 16.5. The van der Waals surface area contributed by atoms with Crippen LogP contribution in [0.15, 0.2) is 36.4 Å². The highest BCUT2D eigenvalue weighted by molar-refractivity contribution is 7.16. The molecule has 0 aliphatic carbocycles. The molecule has 0 radical (unpaired) electrons. The molecule has 0 saturated carbocycles. The van der Waals surface area contributed by atoms with Gasteiger partial charge in [-0.15, -0.1) is 11.3 Å². The van der Waals surface area contributed by atoms with E-state index in [0.717, 1.165) is 23.7 Å². The number of nitrogens with one attached hydrogen (secondary N) is 1. The van der Waals surface area contributed by atoms with Gasteiger partial charge in [-0.05, 0) is 56.8 Å². The molecule has 2 rings (SSSR count). The Hall–Kier alpha value is -0.830. The zero-order valence-electron chi connectivity index (χ0n) is 12.9. The molecule has 0 aliphatic rings. The van der Waals surface area contributed by atoms with Gasteiger partial charge in [0, 0.05) is 10.9 Å². The van der Waals surface area contributed by atoms with E-state index < -0.39 is 0 Å². The van der Waals surface area contributed by atoms with E-state index in [0.29, 0.717) is 6.04 Å². The molecular formula is C18H24ClNS. The highest BCUT2D eigenvalue weighted by Gasteiger charge is 2.11. The van der Waals surface area contributed by atoms with Gasteiger partial charge in [-0.2, -0.15) is 0 Å². The lowest BCUT2D eigenvalue weighted by molar-refractivity contribution is 0.480. The van der Waals surface area contributed by atoms with E-state index in [9.17, 15) is 0 Å². The second-order valence-electron chi connectivity index (χ2n) is 5.59. The van der Waals surface area contributed by atoms with Crippen molar-refractivity contribution in [2.45, 2.75) is 45.6 Å². The number of hydrogen-bond donors (Lipinski definition) is 1. The summed E-state index contributed by atoms with van der Waals surface area (Å²) < 4.78 is 0.887. The summed E-state index contributed by atoms with van der Waals surface area (Å²) >= 11 is 7.74. The van der Waals surface area contributed by atoms with Gasteiger partial charge in [0.15, 0.2) is 0 Å². The molecule has 1 heterocycles. The number of hydrogen-bond acceptors (Lipinski definition) is 2. The second-order valence-corrected chi connectivity index (χ2v) is 7.39. The Balaban J connectivity index is 1.92. The Morgan fingerprint density at radius 3 is 2.76 bits per heavy atom. The molecule has 1 atom stereocenters. The molecule has 0 aliphatic heterocycles. The maximum Gasteiger partial charge on any atom is 0.0931 e. The molecule has 3 heteroatoms. The van der Waals surface area contributed by atoms with E-state index in [1.165, 1.54) is 28.8 Å². The molecule has 1 N–H and O–H groups in total. The van der Waals surface area contributed by atoms with Crippen LogP contribution < -0.4 is 5.32 Å². The van der Waals surface area contributed by atoms with Crippen molar-refractivity contribution < 1.29 is 0 Å². The maximum absolute atomic E-state index is 6.04. The molecule has 1 aromatic heterocycles. The minimum Gasteiger partial charge on any atom is -0.314 e. The summed E-state index contributed by atoms with van der Waals surface area (Å²) in [5.41, 5.74) is 2.78. The van der Waals surface area contributed by atoms with Crippen molar-refractivity contribution in [3.63, 3.8) is 0 Å². The van der Waals surface area contributed by atoms with E-state index in [4.69, 9.17) is 11.6 Å². The van der Waals surface area contributed by atoms with Crippen molar-refractivity contribution in [3.05, 3.63) is 56.7 Å². The third-order valence-electron chi connectivity index (χ3n) is 3.62.